The van der Waals surface area contributed by atoms with Crippen molar-refractivity contribution in [2.45, 2.75) is 17.4 Å². The third-order valence-corrected chi connectivity index (χ3v) is 8.36. The highest BCUT2D eigenvalue weighted by atomic mass is 32.2. The molecule has 3 aliphatic rings. The summed E-state index contributed by atoms with van der Waals surface area (Å²) < 4.78 is 32.2. The average molecular weight is 456 g/mol. The van der Waals surface area contributed by atoms with Crippen LogP contribution in [0.4, 0.5) is 0 Å². The van der Waals surface area contributed by atoms with Gasteiger partial charge in [-0.25, -0.2) is 8.42 Å². The van der Waals surface area contributed by atoms with Gasteiger partial charge in [0.05, 0.1) is 24.2 Å². The van der Waals surface area contributed by atoms with Crippen LogP contribution in [0.1, 0.15) is 27.5 Å². The van der Waals surface area contributed by atoms with Crippen molar-refractivity contribution in [2.75, 3.05) is 45.9 Å². The van der Waals surface area contributed by atoms with Gasteiger partial charge < -0.3 is 14.5 Å². The summed E-state index contributed by atoms with van der Waals surface area (Å²) in [6.07, 6.45) is 0.825. The number of amides is 2. The molecule has 8 nitrogen and oxygen atoms in total. The molecule has 1 atom stereocenters. The zero-order valence-corrected chi connectivity index (χ0v) is 18.5. The Morgan fingerprint density at radius 3 is 2.44 bits per heavy atom. The second kappa shape index (κ2) is 8.31. The van der Waals surface area contributed by atoms with Gasteiger partial charge in [0.2, 0.25) is 15.9 Å². The lowest BCUT2D eigenvalue weighted by atomic mass is 9.90. The standard InChI is InChI=1S/C23H25N3O5S/c27-22-16-24(15-21-20-4-2-1-3-17(20)9-10-26(21)22)23(28)18-5-7-19(8-6-18)32(29,30)25-11-13-31-14-12-25/h1-8,21H,9-16H2/t21-/m0/s1. The number of morpholine rings is 1. The monoisotopic (exact) mass is 455 g/mol. The molecule has 0 aliphatic carbocycles. The van der Waals surface area contributed by atoms with Gasteiger partial charge in [-0.3, -0.25) is 9.59 Å². The molecule has 2 fully saturated rings. The first-order valence-electron chi connectivity index (χ1n) is 10.8. The van der Waals surface area contributed by atoms with Crippen LogP contribution in [0, 0.1) is 0 Å². The largest absolute Gasteiger partial charge is 0.379 e. The van der Waals surface area contributed by atoms with Gasteiger partial charge in [0.15, 0.2) is 0 Å². The van der Waals surface area contributed by atoms with Crippen LogP contribution in [0.5, 0.6) is 0 Å². The molecule has 0 bridgehead atoms. The molecule has 0 aromatic heterocycles. The molecule has 0 unspecified atom stereocenters. The van der Waals surface area contributed by atoms with Crippen LogP contribution >= 0.6 is 0 Å². The van der Waals surface area contributed by atoms with Crippen molar-refractivity contribution in [1.29, 1.82) is 0 Å². The van der Waals surface area contributed by atoms with E-state index in [4.69, 9.17) is 4.74 Å². The smallest absolute Gasteiger partial charge is 0.254 e. The molecule has 2 aromatic rings. The molecule has 32 heavy (non-hydrogen) atoms. The van der Waals surface area contributed by atoms with Gasteiger partial charge in [-0.05, 0) is 41.8 Å². The fourth-order valence-corrected chi connectivity index (χ4v) is 6.13. The topological polar surface area (TPSA) is 87.2 Å². The van der Waals surface area contributed by atoms with Gasteiger partial charge in [0.25, 0.3) is 5.91 Å². The van der Waals surface area contributed by atoms with Gasteiger partial charge in [-0.15, -0.1) is 0 Å². The summed E-state index contributed by atoms with van der Waals surface area (Å²) >= 11 is 0. The first-order chi connectivity index (χ1) is 15.4. The minimum atomic E-state index is -3.62. The number of piperazine rings is 1. The van der Waals surface area contributed by atoms with Crippen LogP contribution in [0.2, 0.25) is 0 Å². The minimum Gasteiger partial charge on any atom is -0.379 e. The zero-order valence-electron chi connectivity index (χ0n) is 17.6. The van der Waals surface area contributed by atoms with E-state index in [1.165, 1.54) is 34.1 Å². The maximum absolute atomic E-state index is 13.2. The summed E-state index contributed by atoms with van der Waals surface area (Å²) in [6.45, 7) is 2.51. The number of hydrogen-bond acceptors (Lipinski definition) is 5. The Hall–Kier alpha value is -2.75. The highest BCUT2D eigenvalue weighted by Gasteiger charge is 2.38. The van der Waals surface area contributed by atoms with Crippen molar-refractivity contribution in [2.24, 2.45) is 0 Å². The molecule has 0 spiro atoms. The molecule has 3 aliphatic heterocycles. The summed E-state index contributed by atoms with van der Waals surface area (Å²) in [6, 6.07) is 13.9. The second-order valence-corrected chi connectivity index (χ2v) is 10.2. The van der Waals surface area contributed by atoms with Gasteiger partial charge in [0, 0.05) is 31.7 Å². The van der Waals surface area contributed by atoms with Gasteiger partial charge in [-0.1, -0.05) is 24.3 Å². The molecule has 0 N–H and O–H groups in total. The molecular formula is C23H25N3O5S. The van der Waals surface area contributed by atoms with Gasteiger partial charge >= 0.3 is 0 Å². The molecule has 2 amide bonds. The van der Waals surface area contributed by atoms with Crippen LogP contribution in [-0.2, 0) is 26.0 Å². The first-order valence-corrected chi connectivity index (χ1v) is 12.2. The van der Waals surface area contributed by atoms with Crippen LogP contribution in [-0.4, -0.2) is 80.3 Å². The third-order valence-electron chi connectivity index (χ3n) is 6.45. The van der Waals surface area contributed by atoms with E-state index in [9.17, 15) is 18.0 Å². The highest BCUT2D eigenvalue weighted by molar-refractivity contribution is 7.89. The van der Waals surface area contributed by atoms with Crippen molar-refractivity contribution >= 4 is 21.8 Å². The van der Waals surface area contributed by atoms with Crippen molar-refractivity contribution in [3.05, 3.63) is 65.2 Å². The normalized spacial score (nSPS) is 21.8. The van der Waals surface area contributed by atoms with Crippen LogP contribution < -0.4 is 0 Å². The molecular weight excluding hydrogens is 430 g/mol. The molecule has 9 heteroatoms. The Morgan fingerprint density at radius 1 is 0.969 bits per heavy atom. The van der Waals surface area contributed by atoms with E-state index in [-0.39, 0.29) is 29.3 Å². The highest BCUT2D eigenvalue weighted by Crippen LogP contribution is 2.33. The molecule has 168 valence electrons. The molecule has 2 saturated heterocycles. The Balaban J connectivity index is 1.35. The number of nitrogens with zero attached hydrogens (tertiary/aromatic N) is 3. The number of sulfonamides is 1. The molecule has 0 saturated carbocycles. The van der Waals surface area contributed by atoms with Crippen LogP contribution in [0.25, 0.3) is 0 Å². The summed E-state index contributed by atoms with van der Waals surface area (Å²) in [5, 5.41) is 0. The summed E-state index contributed by atoms with van der Waals surface area (Å²) in [5.74, 6) is -0.327. The Kier molecular flexibility index (Phi) is 5.48. The third kappa shape index (κ3) is 3.70. The Bertz CT molecular complexity index is 1140. The number of carbonyl (C=O) groups excluding carboxylic acids is 2. The fourth-order valence-electron chi connectivity index (χ4n) is 4.72. The molecule has 5 rings (SSSR count). The maximum Gasteiger partial charge on any atom is 0.254 e. The lowest BCUT2D eigenvalue weighted by molar-refractivity contribution is -0.139. The van der Waals surface area contributed by atoms with E-state index in [0.29, 0.717) is 45.0 Å². The van der Waals surface area contributed by atoms with E-state index in [0.717, 1.165) is 12.0 Å². The Morgan fingerprint density at radius 2 is 1.69 bits per heavy atom. The predicted octanol–water partition coefficient (Wildman–Crippen LogP) is 1.29. The molecule has 0 radical (unpaired) electrons. The van der Waals surface area contributed by atoms with E-state index in [2.05, 4.69) is 6.07 Å². The van der Waals surface area contributed by atoms with Crippen LogP contribution in [0.3, 0.4) is 0 Å². The quantitative estimate of drug-likeness (QED) is 0.696. The second-order valence-electron chi connectivity index (χ2n) is 8.28. The number of carbonyl (C=O) groups is 2. The van der Waals surface area contributed by atoms with Crippen LogP contribution in [0.15, 0.2) is 53.4 Å². The first kappa shape index (κ1) is 21.1. The number of benzene rings is 2. The number of rotatable bonds is 3. The maximum atomic E-state index is 13.2. The summed E-state index contributed by atoms with van der Waals surface area (Å²) in [5.41, 5.74) is 2.68. The van der Waals surface area contributed by atoms with Gasteiger partial charge in [-0.2, -0.15) is 4.31 Å². The SMILES string of the molecule is O=C(c1ccc(S(=O)(=O)N2CCOCC2)cc1)N1CC(=O)N2CCc3ccccc3[C@@H]2C1. The van der Waals surface area contributed by atoms with E-state index >= 15 is 0 Å². The Labute approximate surface area is 187 Å². The number of hydrogen-bond donors (Lipinski definition) is 0. The number of fused-ring (bicyclic) bond motifs is 3. The van der Waals surface area contributed by atoms with Crippen molar-refractivity contribution in [1.82, 2.24) is 14.1 Å². The van der Waals surface area contributed by atoms with Crippen molar-refractivity contribution in [3.8, 4) is 0 Å². The fraction of sp³-hybridized carbons (Fsp3) is 0.391. The van der Waals surface area contributed by atoms with E-state index < -0.39 is 10.0 Å². The van der Waals surface area contributed by atoms with Crippen molar-refractivity contribution in [3.63, 3.8) is 0 Å². The summed E-state index contributed by atoms with van der Waals surface area (Å²) in [7, 11) is -3.62. The number of ether oxygens (including phenoxy) is 1. The van der Waals surface area contributed by atoms with E-state index in [1.54, 1.807) is 4.90 Å². The van der Waals surface area contributed by atoms with E-state index in [1.807, 2.05) is 23.1 Å². The van der Waals surface area contributed by atoms with Gasteiger partial charge in [0.1, 0.15) is 6.54 Å². The minimum absolute atomic E-state index is 0.0331. The lowest BCUT2D eigenvalue weighted by Gasteiger charge is -2.44. The van der Waals surface area contributed by atoms with Crippen molar-refractivity contribution < 1.29 is 22.7 Å². The molecule has 3 heterocycles. The average Bonchev–Trinajstić information content (AvgIpc) is 2.84. The summed E-state index contributed by atoms with van der Waals surface area (Å²) in [4.78, 5) is 29.5. The molecule has 2 aromatic carbocycles. The lowest BCUT2D eigenvalue weighted by Crippen LogP contribution is -2.55. The zero-order chi connectivity index (χ0) is 22.3. The predicted molar refractivity (Wildman–Crippen MR) is 117 cm³/mol.